The minimum absolute atomic E-state index is 0.180. The lowest BCUT2D eigenvalue weighted by Crippen LogP contribution is -2.45. The van der Waals surface area contributed by atoms with Gasteiger partial charge in [0.15, 0.2) is 19.0 Å². The van der Waals surface area contributed by atoms with Crippen molar-refractivity contribution < 1.29 is 28.6 Å². The van der Waals surface area contributed by atoms with Crippen molar-refractivity contribution in [2.24, 2.45) is 0 Å². The third-order valence-electron chi connectivity index (χ3n) is 4.60. The van der Waals surface area contributed by atoms with Gasteiger partial charge in [0.25, 0.3) is 5.91 Å². The van der Waals surface area contributed by atoms with E-state index in [1.807, 2.05) is 13.0 Å². The summed E-state index contributed by atoms with van der Waals surface area (Å²) >= 11 is 6.14. The SMILES string of the molecule is COCCNC(=O)CN1C(=O)COc2ccc(C(=O)COc3ccc(C)cc3Cl)cc21. The summed E-state index contributed by atoms with van der Waals surface area (Å²) in [5.41, 5.74) is 1.66. The van der Waals surface area contributed by atoms with Gasteiger partial charge in [-0.25, -0.2) is 0 Å². The largest absolute Gasteiger partial charge is 0.484 e. The number of benzene rings is 2. The molecule has 3 rings (SSSR count). The standard InChI is InChI=1S/C22H23ClN2O6/c1-14-3-5-19(16(23)9-14)30-12-18(26)15-4-6-20-17(10-15)25(22(28)13-31-20)11-21(27)24-7-8-29-2/h3-6,9-10H,7-8,11-13H2,1-2H3,(H,24,27). The zero-order chi connectivity index (χ0) is 22.4. The van der Waals surface area contributed by atoms with Crippen LogP contribution in [0.2, 0.25) is 5.02 Å². The first-order valence-electron chi connectivity index (χ1n) is 9.64. The highest BCUT2D eigenvalue weighted by Gasteiger charge is 2.28. The van der Waals surface area contributed by atoms with E-state index in [0.717, 1.165) is 5.56 Å². The number of halogens is 1. The Kier molecular flexibility index (Phi) is 7.49. The maximum Gasteiger partial charge on any atom is 0.265 e. The van der Waals surface area contributed by atoms with Crippen LogP contribution in [0.4, 0.5) is 5.69 Å². The average molecular weight is 447 g/mol. The Morgan fingerprint density at radius 3 is 2.77 bits per heavy atom. The molecule has 1 aliphatic heterocycles. The highest BCUT2D eigenvalue weighted by Crippen LogP contribution is 2.33. The second-order valence-corrected chi connectivity index (χ2v) is 7.35. The number of ketones is 1. The summed E-state index contributed by atoms with van der Waals surface area (Å²) in [6.45, 7) is 2.00. The molecule has 1 heterocycles. The van der Waals surface area contributed by atoms with Crippen molar-refractivity contribution in [3.05, 3.63) is 52.5 Å². The van der Waals surface area contributed by atoms with Crippen molar-refractivity contribution in [3.63, 3.8) is 0 Å². The summed E-state index contributed by atoms with van der Waals surface area (Å²) in [5, 5.41) is 3.09. The van der Waals surface area contributed by atoms with Crippen molar-refractivity contribution in [1.82, 2.24) is 5.32 Å². The van der Waals surface area contributed by atoms with Crippen LogP contribution >= 0.6 is 11.6 Å². The Morgan fingerprint density at radius 1 is 1.23 bits per heavy atom. The number of hydrogen-bond donors (Lipinski definition) is 1. The molecule has 31 heavy (non-hydrogen) atoms. The van der Waals surface area contributed by atoms with Crippen molar-refractivity contribution in [3.8, 4) is 11.5 Å². The molecular weight excluding hydrogens is 424 g/mol. The Labute approximate surface area is 185 Å². The number of carbonyl (C=O) groups is 3. The van der Waals surface area contributed by atoms with E-state index in [1.54, 1.807) is 24.3 Å². The fourth-order valence-corrected chi connectivity index (χ4v) is 3.28. The molecule has 0 atom stereocenters. The van der Waals surface area contributed by atoms with Crippen LogP contribution < -0.4 is 19.7 Å². The highest BCUT2D eigenvalue weighted by molar-refractivity contribution is 6.32. The first-order valence-corrected chi connectivity index (χ1v) is 10.0. The molecule has 2 aromatic rings. The maximum absolute atomic E-state index is 12.7. The summed E-state index contributed by atoms with van der Waals surface area (Å²) in [5.74, 6) is -0.189. The number of Topliss-reactive ketones (excluding diaryl/α,β-unsaturated/α-hetero) is 1. The molecule has 0 radical (unpaired) electrons. The number of nitrogens with one attached hydrogen (secondary N) is 1. The zero-order valence-electron chi connectivity index (χ0n) is 17.3. The normalized spacial score (nSPS) is 12.7. The van der Waals surface area contributed by atoms with Gasteiger partial charge in [-0.1, -0.05) is 17.7 Å². The number of carbonyl (C=O) groups excluding carboxylic acids is 3. The summed E-state index contributed by atoms with van der Waals surface area (Å²) < 4.78 is 15.9. The first kappa shape index (κ1) is 22.6. The number of anilines is 1. The molecule has 0 unspecified atom stereocenters. The van der Waals surface area contributed by atoms with Gasteiger partial charge in [0, 0.05) is 19.2 Å². The summed E-state index contributed by atoms with van der Waals surface area (Å²) in [6.07, 6.45) is 0. The third kappa shape index (κ3) is 5.74. The molecule has 0 bridgehead atoms. The number of rotatable bonds is 9. The minimum atomic E-state index is -0.373. The predicted octanol–water partition coefficient (Wildman–Crippen LogP) is 2.40. The number of hydrogen-bond acceptors (Lipinski definition) is 6. The lowest BCUT2D eigenvalue weighted by Gasteiger charge is -2.29. The molecule has 0 saturated carbocycles. The van der Waals surface area contributed by atoms with Crippen molar-refractivity contribution in [1.29, 1.82) is 0 Å². The van der Waals surface area contributed by atoms with Gasteiger partial charge in [0.05, 0.1) is 17.3 Å². The molecular formula is C22H23ClN2O6. The van der Waals surface area contributed by atoms with Gasteiger partial charge >= 0.3 is 0 Å². The van der Waals surface area contributed by atoms with Crippen LogP contribution in [0.15, 0.2) is 36.4 Å². The van der Waals surface area contributed by atoms with E-state index in [4.69, 9.17) is 25.8 Å². The third-order valence-corrected chi connectivity index (χ3v) is 4.90. The highest BCUT2D eigenvalue weighted by atomic mass is 35.5. The second kappa shape index (κ2) is 10.3. The van der Waals surface area contributed by atoms with Gasteiger partial charge < -0.3 is 19.5 Å². The fraction of sp³-hybridized carbons (Fsp3) is 0.318. The number of nitrogens with zero attached hydrogens (tertiary/aromatic N) is 1. The smallest absolute Gasteiger partial charge is 0.265 e. The predicted molar refractivity (Wildman–Crippen MR) is 115 cm³/mol. The molecule has 0 aliphatic carbocycles. The van der Waals surface area contributed by atoms with E-state index in [1.165, 1.54) is 18.1 Å². The Hall–Kier alpha value is -3.10. The van der Waals surface area contributed by atoms with E-state index in [9.17, 15) is 14.4 Å². The van der Waals surface area contributed by atoms with Crippen molar-refractivity contribution in [2.45, 2.75) is 6.92 Å². The minimum Gasteiger partial charge on any atom is -0.484 e. The van der Waals surface area contributed by atoms with Crippen LogP contribution in [0.1, 0.15) is 15.9 Å². The van der Waals surface area contributed by atoms with Crippen LogP contribution in [-0.4, -0.2) is 57.6 Å². The monoisotopic (exact) mass is 446 g/mol. The number of aryl methyl sites for hydroxylation is 1. The van der Waals surface area contributed by atoms with E-state index in [-0.39, 0.29) is 37.4 Å². The molecule has 0 fully saturated rings. The molecule has 0 aromatic heterocycles. The lowest BCUT2D eigenvalue weighted by atomic mass is 10.1. The lowest BCUT2D eigenvalue weighted by molar-refractivity contribution is -0.125. The van der Waals surface area contributed by atoms with Gasteiger partial charge in [-0.15, -0.1) is 0 Å². The van der Waals surface area contributed by atoms with Gasteiger partial charge in [-0.2, -0.15) is 0 Å². The van der Waals surface area contributed by atoms with Gasteiger partial charge in [-0.3, -0.25) is 19.3 Å². The number of ether oxygens (including phenoxy) is 3. The molecule has 1 N–H and O–H groups in total. The van der Waals surface area contributed by atoms with Crippen molar-refractivity contribution >= 4 is 34.9 Å². The second-order valence-electron chi connectivity index (χ2n) is 6.94. The summed E-state index contributed by atoms with van der Waals surface area (Å²) in [4.78, 5) is 38.5. The van der Waals surface area contributed by atoms with Crippen LogP contribution in [0, 0.1) is 6.92 Å². The average Bonchev–Trinajstić information content (AvgIpc) is 2.75. The summed E-state index contributed by atoms with van der Waals surface area (Å²) in [7, 11) is 1.53. The molecule has 2 aromatic carbocycles. The number of amides is 2. The van der Waals surface area contributed by atoms with Crippen LogP contribution in [-0.2, 0) is 14.3 Å². The molecule has 9 heteroatoms. The Morgan fingerprint density at radius 2 is 2.03 bits per heavy atom. The topological polar surface area (TPSA) is 94.2 Å². The van der Waals surface area contributed by atoms with Crippen LogP contribution in [0.3, 0.4) is 0 Å². The van der Waals surface area contributed by atoms with Crippen LogP contribution in [0.5, 0.6) is 11.5 Å². The van der Waals surface area contributed by atoms with Gasteiger partial charge in [0.2, 0.25) is 5.91 Å². The molecule has 0 saturated heterocycles. The zero-order valence-corrected chi connectivity index (χ0v) is 18.0. The van der Waals surface area contributed by atoms with E-state index < -0.39 is 0 Å². The first-order chi connectivity index (χ1) is 14.9. The molecule has 8 nitrogen and oxygen atoms in total. The van der Waals surface area contributed by atoms with E-state index in [0.29, 0.717) is 40.9 Å². The molecule has 1 aliphatic rings. The van der Waals surface area contributed by atoms with Gasteiger partial charge in [0.1, 0.15) is 18.0 Å². The van der Waals surface area contributed by atoms with Crippen LogP contribution in [0.25, 0.3) is 0 Å². The van der Waals surface area contributed by atoms with Crippen molar-refractivity contribution in [2.75, 3.05) is 44.9 Å². The fourth-order valence-electron chi connectivity index (χ4n) is 2.99. The molecule has 2 amide bonds. The number of methoxy groups -OCH3 is 1. The number of fused-ring (bicyclic) bond motifs is 1. The Balaban J connectivity index is 1.72. The maximum atomic E-state index is 12.7. The van der Waals surface area contributed by atoms with Gasteiger partial charge in [-0.05, 0) is 42.8 Å². The quantitative estimate of drug-likeness (QED) is 0.469. The molecule has 164 valence electrons. The Bertz CT molecular complexity index is 994. The van der Waals surface area contributed by atoms with E-state index in [2.05, 4.69) is 5.32 Å². The van der Waals surface area contributed by atoms with E-state index >= 15 is 0 Å². The molecule has 0 spiro atoms. The summed E-state index contributed by atoms with van der Waals surface area (Å²) in [6, 6.07) is 10.0.